The molecule has 0 aliphatic carbocycles. The van der Waals surface area contributed by atoms with Gasteiger partial charge in [0.25, 0.3) is 0 Å². The largest absolute Gasteiger partial charge is 0.493 e. The fraction of sp³-hybridized carbons (Fsp3) is 0.500. The van der Waals surface area contributed by atoms with Crippen molar-refractivity contribution < 1.29 is 15.7 Å². The van der Waals surface area contributed by atoms with Crippen molar-refractivity contribution in [3.63, 3.8) is 0 Å². The van der Waals surface area contributed by atoms with Crippen molar-refractivity contribution in [2.75, 3.05) is 20.6 Å². The summed E-state index contributed by atoms with van der Waals surface area (Å²) in [5.41, 5.74) is 1.57. The molecule has 0 saturated carbocycles. The second kappa shape index (κ2) is 4.89. The highest BCUT2D eigenvalue weighted by Crippen LogP contribution is 2.32. The standard InChI is InChI=1S/C16H22N2O/c1-12(17(2)3)11-18-9-8-13-14-5-4-10-19-16(14)7-6-15(13)18/h6-9,12H,4-5,10-11H2,1-3H3/t12-/m1/s1/i2D3,3D3,11D2. The van der Waals surface area contributed by atoms with E-state index in [0.717, 1.165) is 29.5 Å². The van der Waals surface area contributed by atoms with Gasteiger partial charge in [0, 0.05) is 43.4 Å². The van der Waals surface area contributed by atoms with Crippen LogP contribution < -0.4 is 4.74 Å². The van der Waals surface area contributed by atoms with E-state index in [9.17, 15) is 0 Å². The predicted octanol–water partition coefficient (Wildman–Crippen LogP) is 2.92. The van der Waals surface area contributed by atoms with Gasteiger partial charge in [-0.1, -0.05) is 0 Å². The number of aryl methyl sites for hydroxylation is 1. The second-order valence-electron chi connectivity index (χ2n) is 4.79. The first kappa shape index (κ1) is 6.31. The smallest absolute Gasteiger partial charge is 0.123 e. The van der Waals surface area contributed by atoms with E-state index in [2.05, 4.69) is 0 Å². The Bertz CT molecular complexity index is 825. The predicted molar refractivity (Wildman–Crippen MR) is 78.9 cm³/mol. The Morgan fingerprint density at radius 2 is 2.37 bits per heavy atom. The molecule has 0 saturated heterocycles. The number of hydrogen-bond donors (Lipinski definition) is 0. The molecule has 3 rings (SSSR count). The van der Waals surface area contributed by atoms with Crippen molar-refractivity contribution in [3.8, 4) is 5.75 Å². The molecule has 3 nitrogen and oxygen atoms in total. The van der Waals surface area contributed by atoms with Crippen LogP contribution in [0.15, 0.2) is 24.4 Å². The van der Waals surface area contributed by atoms with Gasteiger partial charge in [-0.05, 0) is 51.9 Å². The summed E-state index contributed by atoms with van der Waals surface area (Å²) in [7, 11) is 0. The number of hydrogen-bond acceptors (Lipinski definition) is 2. The van der Waals surface area contributed by atoms with Gasteiger partial charge in [0.2, 0.25) is 0 Å². The van der Waals surface area contributed by atoms with E-state index < -0.39 is 26.5 Å². The van der Waals surface area contributed by atoms with E-state index in [4.69, 9.17) is 15.7 Å². The van der Waals surface area contributed by atoms with Gasteiger partial charge in [-0.15, -0.1) is 0 Å². The fourth-order valence-electron chi connectivity index (χ4n) is 2.45. The molecular weight excluding hydrogens is 236 g/mol. The molecule has 0 radical (unpaired) electrons. The third kappa shape index (κ3) is 2.23. The third-order valence-corrected chi connectivity index (χ3v) is 3.48. The monoisotopic (exact) mass is 266 g/mol. The van der Waals surface area contributed by atoms with E-state index in [-0.39, 0.29) is 4.90 Å². The van der Waals surface area contributed by atoms with Crippen LogP contribution in [0.5, 0.6) is 5.75 Å². The lowest BCUT2D eigenvalue weighted by molar-refractivity contribution is 0.286. The summed E-state index contributed by atoms with van der Waals surface area (Å²) in [4.78, 5) is 0.285. The van der Waals surface area contributed by atoms with Crippen LogP contribution >= 0.6 is 0 Å². The average Bonchev–Trinajstić information content (AvgIpc) is 2.97. The first-order valence-electron chi connectivity index (χ1n) is 10.4. The number of fused-ring (bicyclic) bond motifs is 3. The molecule has 1 atom stereocenters. The average molecular weight is 266 g/mol. The number of rotatable bonds is 3. The lowest BCUT2D eigenvalue weighted by atomic mass is 10.0. The maximum Gasteiger partial charge on any atom is 0.123 e. The molecule has 0 spiro atoms. The molecule has 1 aromatic heterocycles. The highest BCUT2D eigenvalue weighted by atomic mass is 16.5. The van der Waals surface area contributed by atoms with Crippen molar-refractivity contribution in [2.24, 2.45) is 0 Å². The Labute approximate surface area is 126 Å². The van der Waals surface area contributed by atoms with Gasteiger partial charge in [0.05, 0.1) is 9.35 Å². The molecule has 2 heterocycles. The van der Waals surface area contributed by atoms with Gasteiger partial charge in [0.15, 0.2) is 0 Å². The molecule has 102 valence electrons. The summed E-state index contributed by atoms with van der Waals surface area (Å²) >= 11 is 0. The van der Waals surface area contributed by atoms with Crippen molar-refractivity contribution in [3.05, 3.63) is 30.0 Å². The van der Waals surface area contributed by atoms with Gasteiger partial charge in [-0.3, -0.25) is 0 Å². The van der Waals surface area contributed by atoms with Crippen molar-refractivity contribution in [1.29, 1.82) is 0 Å². The minimum atomic E-state index is -2.96. The molecule has 2 aromatic rings. The lowest BCUT2D eigenvalue weighted by Crippen LogP contribution is -2.28. The third-order valence-electron chi connectivity index (χ3n) is 3.48. The van der Waals surface area contributed by atoms with Gasteiger partial charge in [-0.25, -0.2) is 0 Å². The number of nitrogens with zero attached hydrogens (tertiary/aromatic N) is 2. The molecular formula is C16H22N2O. The van der Waals surface area contributed by atoms with E-state index in [1.165, 1.54) is 17.7 Å². The minimum Gasteiger partial charge on any atom is -0.493 e. The lowest BCUT2D eigenvalue weighted by Gasteiger charge is -2.21. The SMILES string of the molecule is [2H]C([2H])([2H])N([C@H](C)C([2H])([2H])n1ccc2c3c(ccc21)OCCC3)C([2H])([2H])[2H]. The highest BCUT2D eigenvalue weighted by Gasteiger charge is 2.16. The number of likely N-dealkylation sites (N-methyl/N-ethyl adjacent to an activating group) is 1. The molecule has 0 fully saturated rings. The summed E-state index contributed by atoms with van der Waals surface area (Å²) in [6.45, 7) is -6.27. The van der Waals surface area contributed by atoms with Gasteiger partial charge < -0.3 is 14.2 Å². The molecule has 1 aromatic carbocycles. The van der Waals surface area contributed by atoms with Crippen LogP contribution in [-0.4, -0.2) is 36.1 Å². The Hall–Kier alpha value is -1.48. The summed E-state index contributed by atoms with van der Waals surface area (Å²) in [5.74, 6) is 0.770. The molecule has 1 aliphatic rings. The number of benzene rings is 1. The normalized spacial score (nSPS) is 24.7. The highest BCUT2D eigenvalue weighted by molar-refractivity contribution is 5.86. The molecule has 0 amide bonds. The first-order valence-corrected chi connectivity index (χ1v) is 6.41. The molecule has 19 heavy (non-hydrogen) atoms. The Morgan fingerprint density at radius 1 is 1.47 bits per heavy atom. The van der Waals surface area contributed by atoms with Crippen molar-refractivity contribution in [1.82, 2.24) is 9.47 Å². The minimum absolute atomic E-state index is 0.285. The van der Waals surface area contributed by atoms with Crippen LogP contribution in [0, 0.1) is 0 Å². The van der Waals surface area contributed by atoms with Crippen LogP contribution in [0.2, 0.25) is 0 Å². The zero-order valence-electron chi connectivity index (χ0n) is 18.8. The van der Waals surface area contributed by atoms with Crippen LogP contribution in [0.1, 0.15) is 29.9 Å². The van der Waals surface area contributed by atoms with Gasteiger partial charge >= 0.3 is 0 Å². The first-order chi connectivity index (χ1) is 12.3. The van der Waals surface area contributed by atoms with Crippen molar-refractivity contribution >= 4 is 10.9 Å². The van der Waals surface area contributed by atoms with Crippen LogP contribution in [0.4, 0.5) is 0 Å². The number of ether oxygens (including phenoxy) is 1. The molecule has 0 bridgehead atoms. The van der Waals surface area contributed by atoms with Gasteiger partial charge in [-0.2, -0.15) is 0 Å². The molecule has 1 aliphatic heterocycles. The van der Waals surface area contributed by atoms with Crippen LogP contribution in [-0.2, 0) is 12.9 Å². The zero-order chi connectivity index (χ0) is 20.2. The second-order valence-corrected chi connectivity index (χ2v) is 4.79. The summed E-state index contributed by atoms with van der Waals surface area (Å²) < 4.78 is 69.5. The topological polar surface area (TPSA) is 17.4 Å². The van der Waals surface area contributed by atoms with Crippen LogP contribution in [0.3, 0.4) is 0 Å². The quantitative estimate of drug-likeness (QED) is 0.850. The van der Waals surface area contributed by atoms with E-state index >= 15 is 0 Å². The summed E-state index contributed by atoms with van der Waals surface area (Å²) in [6.07, 6.45) is 3.21. The summed E-state index contributed by atoms with van der Waals surface area (Å²) in [5, 5.41) is 0.831. The van der Waals surface area contributed by atoms with Gasteiger partial charge in [0.1, 0.15) is 5.75 Å². The van der Waals surface area contributed by atoms with Crippen LogP contribution in [0.25, 0.3) is 10.9 Å². The fourth-order valence-corrected chi connectivity index (χ4v) is 2.45. The molecule has 0 N–H and O–H groups in total. The van der Waals surface area contributed by atoms with Crippen molar-refractivity contribution in [2.45, 2.75) is 32.3 Å². The molecule has 3 heteroatoms. The Balaban J connectivity index is 2.09. The maximum atomic E-state index is 8.56. The molecule has 0 unspecified atom stereocenters. The van der Waals surface area contributed by atoms with E-state index in [1.807, 2.05) is 0 Å². The summed E-state index contributed by atoms with van der Waals surface area (Å²) in [6, 6.07) is 3.83. The Morgan fingerprint density at radius 3 is 3.21 bits per heavy atom. The zero-order valence-corrected chi connectivity index (χ0v) is 10.8. The Kier molecular flexibility index (Phi) is 1.63. The van der Waals surface area contributed by atoms with E-state index in [1.54, 1.807) is 18.2 Å². The maximum absolute atomic E-state index is 8.56. The number of aromatic nitrogens is 1. The van der Waals surface area contributed by atoms with E-state index in [0.29, 0.717) is 12.1 Å².